The number of carbonyl (C=O) groups is 1. The number of pyridine rings is 1. The molecule has 0 aliphatic rings. The van der Waals surface area contributed by atoms with E-state index in [-0.39, 0.29) is 12.5 Å². The molecule has 5 nitrogen and oxygen atoms in total. The molecule has 0 fully saturated rings. The van der Waals surface area contributed by atoms with Crippen LogP contribution in [0.5, 0.6) is 0 Å². The Morgan fingerprint density at radius 2 is 2.05 bits per heavy atom. The van der Waals surface area contributed by atoms with Crippen molar-refractivity contribution in [2.45, 2.75) is 12.5 Å². The fraction of sp³-hybridized carbons (Fsp3) is 0.176. The van der Waals surface area contributed by atoms with Crippen LogP contribution >= 0.6 is 0 Å². The number of amides is 1. The summed E-state index contributed by atoms with van der Waals surface area (Å²) in [6, 6.07) is 14.5. The molecule has 2 N–H and O–H groups in total. The van der Waals surface area contributed by atoms with Gasteiger partial charge in [0.25, 0.3) is 5.91 Å². The number of carbonyl (C=O) groups excluding carboxylic acids is 1. The molecule has 1 aromatic carbocycles. The van der Waals surface area contributed by atoms with Gasteiger partial charge in [-0.3, -0.25) is 4.79 Å². The van der Waals surface area contributed by atoms with Crippen LogP contribution in [-0.2, 0) is 5.60 Å². The molecule has 0 aliphatic carbocycles. The molecule has 1 amide bonds. The average molecular weight is 296 g/mol. The Kier molecular flexibility index (Phi) is 3.65. The van der Waals surface area contributed by atoms with Crippen molar-refractivity contribution in [1.29, 1.82) is 0 Å². The van der Waals surface area contributed by atoms with Gasteiger partial charge in [-0.15, -0.1) is 0 Å². The first kappa shape index (κ1) is 14.3. The van der Waals surface area contributed by atoms with Crippen LogP contribution in [-0.4, -0.2) is 22.5 Å². The van der Waals surface area contributed by atoms with Crippen LogP contribution in [0.15, 0.2) is 59.2 Å². The molecule has 2 aromatic heterocycles. The fourth-order valence-electron chi connectivity index (χ4n) is 2.21. The van der Waals surface area contributed by atoms with Crippen molar-refractivity contribution in [3.63, 3.8) is 0 Å². The smallest absolute Gasteiger partial charge is 0.270 e. The Hall–Kier alpha value is -2.66. The molecule has 0 spiro atoms. The topological polar surface area (TPSA) is 75.4 Å². The van der Waals surface area contributed by atoms with Gasteiger partial charge in [-0.05, 0) is 31.2 Å². The lowest BCUT2D eigenvalue weighted by atomic mass is 10.0. The summed E-state index contributed by atoms with van der Waals surface area (Å²) in [6.07, 6.45) is 1.48. The molecule has 112 valence electrons. The standard InChI is InChI=1S/C17H16N2O3/c1-17(21,15-7-4-10-22-15)11-18-16(20)14-9-8-12-5-2-3-6-13(12)19-14/h2-10,21H,11H2,1H3,(H,18,20). The minimum atomic E-state index is -1.27. The van der Waals surface area contributed by atoms with Crippen LogP contribution in [0.1, 0.15) is 23.2 Å². The third-order valence-corrected chi connectivity index (χ3v) is 3.48. The van der Waals surface area contributed by atoms with Crippen LogP contribution < -0.4 is 5.32 Å². The van der Waals surface area contributed by atoms with Crippen molar-refractivity contribution in [2.75, 3.05) is 6.54 Å². The molecule has 2 heterocycles. The lowest BCUT2D eigenvalue weighted by Crippen LogP contribution is -2.38. The Morgan fingerprint density at radius 3 is 2.82 bits per heavy atom. The van der Waals surface area contributed by atoms with Crippen LogP contribution in [0.3, 0.4) is 0 Å². The third-order valence-electron chi connectivity index (χ3n) is 3.48. The van der Waals surface area contributed by atoms with Gasteiger partial charge < -0.3 is 14.8 Å². The summed E-state index contributed by atoms with van der Waals surface area (Å²) in [5, 5.41) is 14.0. The first-order valence-electron chi connectivity index (χ1n) is 6.97. The maximum absolute atomic E-state index is 12.2. The van der Waals surface area contributed by atoms with E-state index in [1.165, 1.54) is 6.26 Å². The minimum absolute atomic E-state index is 0.0356. The average Bonchev–Trinajstić information content (AvgIpc) is 3.07. The van der Waals surface area contributed by atoms with E-state index in [4.69, 9.17) is 4.42 Å². The number of aromatic nitrogens is 1. The fourth-order valence-corrected chi connectivity index (χ4v) is 2.21. The molecule has 3 aromatic rings. The first-order valence-corrected chi connectivity index (χ1v) is 6.97. The maximum Gasteiger partial charge on any atom is 0.270 e. The van der Waals surface area contributed by atoms with E-state index in [1.807, 2.05) is 30.3 Å². The van der Waals surface area contributed by atoms with Crippen molar-refractivity contribution in [3.8, 4) is 0 Å². The van der Waals surface area contributed by atoms with Gasteiger partial charge in [0.1, 0.15) is 17.1 Å². The molecule has 0 saturated carbocycles. The second-order valence-electron chi connectivity index (χ2n) is 5.32. The van der Waals surface area contributed by atoms with Gasteiger partial charge in [0.15, 0.2) is 0 Å². The zero-order chi connectivity index (χ0) is 15.6. The highest BCUT2D eigenvalue weighted by atomic mass is 16.4. The summed E-state index contributed by atoms with van der Waals surface area (Å²) in [5.41, 5.74) is -0.197. The highest BCUT2D eigenvalue weighted by molar-refractivity contribution is 5.94. The summed E-state index contributed by atoms with van der Waals surface area (Å²) >= 11 is 0. The van der Waals surface area contributed by atoms with Gasteiger partial charge in [0.2, 0.25) is 0 Å². The van der Waals surface area contributed by atoms with Crippen molar-refractivity contribution < 1.29 is 14.3 Å². The van der Waals surface area contributed by atoms with E-state index in [1.54, 1.807) is 25.1 Å². The molecule has 0 aliphatic heterocycles. The van der Waals surface area contributed by atoms with Crippen molar-refractivity contribution in [2.24, 2.45) is 0 Å². The number of benzene rings is 1. The number of rotatable bonds is 4. The molecule has 1 unspecified atom stereocenters. The van der Waals surface area contributed by atoms with E-state index in [9.17, 15) is 9.90 Å². The summed E-state index contributed by atoms with van der Waals surface area (Å²) in [5.74, 6) is 0.0665. The largest absolute Gasteiger partial charge is 0.466 e. The predicted octanol–water partition coefficient (Wildman–Crippen LogP) is 2.47. The zero-order valence-electron chi connectivity index (χ0n) is 12.1. The lowest BCUT2D eigenvalue weighted by molar-refractivity contribution is 0.0329. The Morgan fingerprint density at radius 1 is 1.23 bits per heavy atom. The number of nitrogens with zero attached hydrogens (tertiary/aromatic N) is 1. The number of para-hydroxylation sites is 1. The lowest BCUT2D eigenvalue weighted by Gasteiger charge is -2.21. The van der Waals surface area contributed by atoms with E-state index in [0.29, 0.717) is 11.5 Å². The van der Waals surface area contributed by atoms with Crippen molar-refractivity contribution in [1.82, 2.24) is 10.3 Å². The normalized spacial score (nSPS) is 13.7. The molecule has 1 atom stereocenters. The van der Waals surface area contributed by atoms with Gasteiger partial charge in [0.05, 0.1) is 18.3 Å². The van der Waals surface area contributed by atoms with E-state index in [2.05, 4.69) is 10.3 Å². The SMILES string of the molecule is CC(O)(CNC(=O)c1ccc2ccccc2n1)c1ccco1. The van der Waals surface area contributed by atoms with Gasteiger partial charge in [0, 0.05) is 5.39 Å². The van der Waals surface area contributed by atoms with E-state index in [0.717, 1.165) is 10.9 Å². The molecule has 22 heavy (non-hydrogen) atoms. The third kappa shape index (κ3) is 2.84. The van der Waals surface area contributed by atoms with Gasteiger partial charge in [-0.1, -0.05) is 24.3 Å². The number of furan rings is 1. The van der Waals surface area contributed by atoms with Crippen molar-refractivity contribution in [3.05, 3.63) is 66.2 Å². The molecular formula is C17H16N2O3. The van der Waals surface area contributed by atoms with Crippen LogP contribution in [0.2, 0.25) is 0 Å². The monoisotopic (exact) mass is 296 g/mol. The molecule has 3 rings (SSSR count). The predicted molar refractivity (Wildman–Crippen MR) is 82.4 cm³/mol. The Bertz CT molecular complexity index is 795. The maximum atomic E-state index is 12.2. The second kappa shape index (κ2) is 5.61. The van der Waals surface area contributed by atoms with Gasteiger partial charge in [-0.25, -0.2) is 4.98 Å². The Labute approximate surface area is 127 Å². The summed E-state index contributed by atoms with van der Waals surface area (Å²) in [4.78, 5) is 16.5. The highest BCUT2D eigenvalue weighted by Gasteiger charge is 2.27. The van der Waals surface area contributed by atoms with Crippen LogP contribution in [0.25, 0.3) is 10.9 Å². The molecule has 0 bridgehead atoms. The Balaban J connectivity index is 1.73. The first-order chi connectivity index (χ1) is 10.6. The summed E-state index contributed by atoms with van der Waals surface area (Å²) < 4.78 is 5.18. The second-order valence-corrected chi connectivity index (χ2v) is 5.32. The van der Waals surface area contributed by atoms with E-state index >= 15 is 0 Å². The number of aliphatic hydroxyl groups is 1. The molecule has 0 radical (unpaired) electrons. The van der Waals surface area contributed by atoms with Crippen LogP contribution in [0, 0.1) is 0 Å². The van der Waals surface area contributed by atoms with Gasteiger partial charge >= 0.3 is 0 Å². The molecule has 5 heteroatoms. The minimum Gasteiger partial charge on any atom is -0.466 e. The van der Waals surface area contributed by atoms with Crippen molar-refractivity contribution >= 4 is 16.8 Å². The number of hydrogen-bond donors (Lipinski definition) is 2. The van der Waals surface area contributed by atoms with E-state index < -0.39 is 5.60 Å². The number of hydrogen-bond acceptors (Lipinski definition) is 4. The zero-order valence-corrected chi connectivity index (χ0v) is 12.1. The summed E-state index contributed by atoms with van der Waals surface area (Å²) in [6.45, 7) is 1.62. The van der Waals surface area contributed by atoms with Crippen LogP contribution in [0.4, 0.5) is 0 Å². The number of fused-ring (bicyclic) bond motifs is 1. The highest BCUT2D eigenvalue weighted by Crippen LogP contribution is 2.20. The summed E-state index contributed by atoms with van der Waals surface area (Å²) in [7, 11) is 0. The molecule has 0 saturated heterocycles. The number of nitrogens with one attached hydrogen (secondary N) is 1. The molecular weight excluding hydrogens is 280 g/mol. The van der Waals surface area contributed by atoms with Gasteiger partial charge in [-0.2, -0.15) is 0 Å². The quantitative estimate of drug-likeness (QED) is 0.775.